The highest BCUT2D eigenvalue weighted by atomic mass is 35.5. The van der Waals surface area contributed by atoms with Crippen molar-refractivity contribution in [1.29, 1.82) is 0 Å². The molecule has 17 heavy (non-hydrogen) atoms. The first kappa shape index (κ1) is 12.4. The van der Waals surface area contributed by atoms with Gasteiger partial charge >= 0.3 is 0 Å². The van der Waals surface area contributed by atoms with E-state index in [2.05, 4.69) is 4.98 Å². The Balaban J connectivity index is 2.27. The van der Waals surface area contributed by atoms with Gasteiger partial charge in [0, 0.05) is 12.0 Å². The van der Waals surface area contributed by atoms with Crippen molar-refractivity contribution in [2.75, 3.05) is 6.54 Å². The minimum Gasteiger partial charge on any atom is -0.441 e. The lowest BCUT2D eigenvalue weighted by Crippen LogP contribution is -2.00. The first-order chi connectivity index (χ1) is 8.22. The second-order valence-corrected chi connectivity index (χ2v) is 4.40. The summed E-state index contributed by atoms with van der Waals surface area (Å²) in [7, 11) is 0. The summed E-state index contributed by atoms with van der Waals surface area (Å²) in [6.07, 6.45) is 3.24. The van der Waals surface area contributed by atoms with Gasteiger partial charge < -0.3 is 10.2 Å². The molecule has 0 atom stereocenters. The van der Waals surface area contributed by atoms with Gasteiger partial charge in [0.2, 0.25) is 0 Å². The highest BCUT2D eigenvalue weighted by molar-refractivity contribution is 6.43. The van der Waals surface area contributed by atoms with Crippen molar-refractivity contribution in [3.63, 3.8) is 0 Å². The van der Waals surface area contributed by atoms with Crippen molar-refractivity contribution in [3.8, 4) is 11.3 Å². The summed E-state index contributed by atoms with van der Waals surface area (Å²) in [6, 6.07) is 5.41. The highest BCUT2D eigenvalue weighted by Gasteiger charge is 2.11. The molecule has 0 radical (unpaired) electrons. The summed E-state index contributed by atoms with van der Waals surface area (Å²) in [5.41, 5.74) is 6.19. The van der Waals surface area contributed by atoms with Crippen LogP contribution in [0.25, 0.3) is 11.3 Å². The molecule has 0 spiro atoms. The number of aryl methyl sites for hydroxylation is 1. The van der Waals surface area contributed by atoms with Crippen LogP contribution in [0, 0.1) is 0 Å². The van der Waals surface area contributed by atoms with E-state index in [1.165, 1.54) is 0 Å². The van der Waals surface area contributed by atoms with Gasteiger partial charge in [0.15, 0.2) is 11.7 Å². The molecule has 0 aliphatic rings. The number of aromatic nitrogens is 1. The van der Waals surface area contributed by atoms with Crippen molar-refractivity contribution < 1.29 is 4.42 Å². The van der Waals surface area contributed by atoms with Crippen LogP contribution in [0.5, 0.6) is 0 Å². The number of oxazole rings is 1. The maximum atomic E-state index is 6.10. The van der Waals surface area contributed by atoms with Gasteiger partial charge in [-0.1, -0.05) is 29.3 Å². The summed E-state index contributed by atoms with van der Waals surface area (Å²) in [5.74, 6) is 1.30. The van der Waals surface area contributed by atoms with E-state index in [0.29, 0.717) is 28.2 Å². The topological polar surface area (TPSA) is 52.0 Å². The highest BCUT2D eigenvalue weighted by Crippen LogP contribution is 2.33. The van der Waals surface area contributed by atoms with Gasteiger partial charge in [-0.15, -0.1) is 0 Å². The third kappa shape index (κ3) is 2.80. The fourth-order valence-electron chi connectivity index (χ4n) is 1.50. The zero-order valence-electron chi connectivity index (χ0n) is 9.12. The van der Waals surface area contributed by atoms with Crippen LogP contribution in [-0.4, -0.2) is 11.5 Å². The Bertz CT molecular complexity index is 511. The molecule has 2 aromatic rings. The van der Waals surface area contributed by atoms with Crippen molar-refractivity contribution in [2.45, 2.75) is 12.8 Å². The van der Waals surface area contributed by atoms with Crippen LogP contribution in [0.4, 0.5) is 0 Å². The number of nitrogens with two attached hydrogens (primary N) is 1. The van der Waals surface area contributed by atoms with Crippen LogP contribution in [-0.2, 0) is 6.42 Å². The Morgan fingerprint density at radius 1 is 1.29 bits per heavy atom. The van der Waals surface area contributed by atoms with E-state index in [1.54, 1.807) is 12.3 Å². The molecule has 0 aliphatic heterocycles. The largest absolute Gasteiger partial charge is 0.441 e. The van der Waals surface area contributed by atoms with E-state index in [4.69, 9.17) is 33.4 Å². The quantitative estimate of drug-likeness (QED) is 0.925. The van der Waals surface area contributed by atoms with E-state index >= 15 is 0 Å². The lowest BCUT2D eigenvalue weighted by Gasteiger charge is -2.01. The standard InChI is InChI=1S/C12H12Cl2N2O/c13-9-4-1-3-8(12(9)14)10-7-16-11(17-10)5-2-6-15/h1,3-4,7H,2,5-6,15H2. The van der Waals surface area contributed by atoms with Gasteiger partial charge in [0.25, 0.3) is 0 Å². The lowest BCUT2D eigenvalue weighted by atomic mass is 10.2. The van der Waals surface area contributed by atoms with E-state index in [9.17, 15) is 0 Å². The van der Waals surface area contributed by atoms with Crippen LogP contribution in [0.2, 0.25) is 10.0 Å². The van der Waals surface area contributed by atoms with Crippen molar-refractivity contribution in [2.24, 2.45) is 5.73 Å². The number of benzene rings is 1. The molecule has 2 N–H and O–H groups in total. The molecule has 0 unspecified atom stereocenters. The number of hydrogen-bond acceptors (Lipinski definition) is 3. The van der Waals surface area contributed by atoms with E-state index in [0.717, 1.165) is 18.4 Å². The van der Waals surface area contributed by atoms with Crippen molar-refractivity contribution >= 4 is 23.2 Å². The van der Waals surface area contributed by atoms with Gasteiger partial charge in [-0.05, 0) is 25.1 Å². The number of nitrogens with zero attached hydrogens (tertiary/aromatic N) is 1. The van der Waals surface area contributed by atoms with E-state index < -0.39 is 0 Å². The third-order valence-corrected chi connectivity index (χ3v) is 3.18. The van der Waals surface area contributed by atoms with Crippen LogP contribution < -0.4 is 5.73 Å². The van der Waals surface area contributed by atoms with Gasteiger partial charge in [-0.25, -0.2) is 4.98 Å². The monoisotopic (exact) mass is 270 g/mol. The first-order valence-corrected chi connectivity index (χ1v) is 6.07. The molecule has 0 amide bonds. The summed E-state index contributed by atoms with van der Waals surface area (Å²) < 4.78 is 5.60. The summed E-state index contributed by atoms with van der Waals surface area (Å²) in [5, 5.41) is 0.986. The zero-order chi connectivity index (χ0) is 12.3. The minimum absolute atomic E-state index is 0.482. The third-order valence-electron chi connectivity index (χ3n) is 2.37. The molecule has 0 fully saturated rings. The SMILES string of the molecule is NCCCc1ncc(-c2cccc(Cl)c2Cl)o1. The van der Waals surface area contributed by atoms with Gasteiger partial charge in [0.05, 0.1) is 16.2 Å². The predicted octanol–water partition coefficient (Wildman–Crippen LogP) is 3.54. The van der Waals surface area contributed by atoms with Gasteiger partial charge in [-0.2, -0.15) is 0 Å². The zero-order valence-corrected chi connectivity index (χ0v) is 10.6. The maximum absolute atomic E-state index is 6.10. The molecule has 2 rings (SSSR count). The molecule has 5 heteroatoms. The average Bonchev–Trinajstić information content (AvgIpc) is 2.78. The Hall–Kier alpha value is -1.03. The maximum Gasteiger partial charge on any atom is 0.194 e. The fourth-order valence-corrected chi connectivity index (χ4v) is 1.89. The first-order valence-electron chi connectivity index (χ1n) is 5.31. The van der Waals surface area contributed by atoms with Crippen molar-refractivity contribution in [1.82, 2.24) is 4.98 Å². The molecule has 0 bridgehead atoms. The molecule has 1 heterocycles. The number of halogens is 2. The molecule has 1 aromatic carbocycles. The Morgan fingerprint density at radius 3 is 2.88 bits per heavy atom. The van der Waals surface area contributed by atoms with Crippen LogP contribution in [0.1, 0.15) is 12.3 Å². The molecule has 0 aliphatic carbocycles. The van der Waals surface area contributed by atoms with Crippen LogP contribution >= 0.6 is 23.2 Å². The minimum atomic E-state index is 0.482. The van der Waals surface area contributed by atoms with Gasteiger partial charge in [0.1, 0.15) is 0 Å². The Labute approximate surface area is 110 Å². The molecule has 1 aromatic heterocycles. The molecular formula is C12H12Cl2N2O. The normalized spacial score (nSPS) is 10.8. The average molecular weight is 271 g/mol. The second-order valence-electron chi connectivity index (χ2n) is 3.61. The summed E-state index contributed by atoms with van der Waals surface area (Å²) in [6.45, 7) is 0.621. The van der Waals surface area contributed by atoms with Crippen LogP contribution in [0.3, 0.4) is 0 Å². The molecule has 0 saturated heterocycles. The molecule has 3 nitrogen and oxygen atoms in total. The van der Waals surface area contributed by atoms with E-state index in [-0.39, 0.29) is 0 Å². The number of hydrogen-bond donors (Lipinski definition) is 1. The fraction of sp³-hybridized carbons (Fsp3) is 0.250. The smallest absolute Gasteiger partial charge is 0.194 e. The second kappa shape index (κ2) is 5.54. The van der Waals surface area contributed by atoms with Crippen LogP contribution in [0.15, 0.2) is 28.8 Å². The lowest BCUT2D eigenvalue weighted by molar-refractivity contribution is 0.499. The van der Waals surface area contributed by atoms with Gasteiger partial charge in [-0.3, -0.25) is 0 Å². The number of rotatable bonds is 4. The predicted molar refractivity (Wildman–Crippen MR) is 69.3 cm³/mol. The molecular weight excluding hydrogens is 259 g/mol. The summed E-state index contributed by atoms with van der Waals surface area (Å²) >= 11 is 12.0. The van der Waals surface area contributed by atoms with Crippen molar-refractivity contribution in [3.05, 3.63) is 40.3 Å². The molecule has 90 valence electrons. The Kier molecular flexibility index (Phi) is 4.05. The summed E-state index contributed by atoms with van der Waals surface area (Å²) in [4.78, 5) is 4.18. The van der Waals surface area contributed by atoms with E-state index in [1.807, 2.05) is 12.1 Å². The Morgan fingerprint density at radius 2 is 2.12 bits per heavy atom. The molecule has 0 saturated carbocycles.